The van der Waals surface area contributed by atoms with Gasteiger partial charge in [0.25, 0.3) is 10.0 Å². The lowest BCUT2D eigenvalue weighted by molar-refractivity contribution is 0.239. The first-order chi connectivity index (χ1) is 10.4. The van der Waals surface area contributed by atoms with Gasteiger partial charge in [0, 0.05) is 6.54 Å². The fraction of sp³-hybridized carbons (Fsp3) is 0.562. The van der Waals surface area contributed by atoms with Gasteiger partial charge in [0.1, 0.15) is 0 Å². The van der Waals surface area contributed by atoms with Crippen LogP contribution >= 0.6 is 0 Å². The number of rotatable bonds is 4. The van der Waals surface area contributed by atoms with E-state index in [0.29, 0.717) is 18.4 Å². The van der Waals surface area contributed by atoms with Gasteiger partial charge in [-0.05, 0) is 56.1 Å². The number of benzene rings is 1. The first-order valence-corrected chi connectivity index (χ1v) is 9.29. The maximum absolute atomic E-state index is 12.1. The van der Waals surface area contributed by atoms with Gasteiger partial charge in [0.15, 0.2) is 0 Å². The van der Waals surface area contributed by atoms with Gasteiger partial charge in [-0.2, -0.15) is 0 Å². The van der Waals surface area contributed by atoms with E-state index in [1.807, 2.05) is 6.92 Å². The average Bonchev–Trinajstić information content (AvgIpc) is 3.07. The van der Waals surface area contributed by atoms with Crippen LogP contribution in [-0.2, 0) is 10.0 Å². The normalized spacial score (nSPS) is 26.9. The molecule has 2 aliphatic carbocycles. The molecule has 1 aromatic rings. The first-order valence-electron chi connectivity index (χ1n) is 7.81. The summed E-state index contributed by atoms with van der Waals surface area (Å²) in [5, 5.41) is 2.72. The summed E-state index contributed by atoms with van der Waals surface area (Å²) in [5.74, 6) is 2.03. The van der Waals surface area contributed by atoms with Crippen molar-refractivity contribution in [2.75, 3.05) is 6.54 Å². The molecular weight excluding hydrogens is 300 g/mol. The van der Waals surface area contributed by atoms with E-state index < -0.39 is 16.1 Å². The van der Waals surface area contributed by atoms with Crippen LogP contribution in [0.3, 0.4) is 0 Å². The maximum Gasteiger partial charge on any atom is 0.328 e. The summed E-state index contributed by atoms with van der Waals surface area (Å²) in [6.45, 7) is 2.45. The van der Waals surface area contributed by atoms with Gasteiger partial charge in [0.05, 0.1) is 4.90 Å². The van der Waals surface area contributed by atoms with Crippen LogP contribution in [0.2, 0.25) is 0 Å². The number of carbonyl (C=O) groups is 1. The highest BCUT2D eigenvalue weighted by molar-refractivity contribution is 7.90. The maximum atomic E-state index is 12.1. The molecule has 22 heavy (non-hydrogen) atoms. The molecule has 2 N–H and O–H groups in total. The fourth-order valence-electron chi connectivity index (χ4n) is 3.78. The van der Waals surface area contributed by atoms with Crippen molar-refractivity contribution < 1.29 is 13.2 Å². The largest absolute Gasteiger partial charge is 0.337 e. The fourth-order valence-corrected chi connectivity index (χ4v) is 4.71. The van der Waals surface area contributed by atoms with Crippen LogP contribution in [0.15, 0.2) is 29.2 Å². The van der Waals surface area contributed by atoms with Gasteiger partial charge in [-0.1, -0.05) is 24.1 Å². The van der Waals surface area contributed by atoms with E-state index in [-0.39, 0.29) is 4.90 Å². The zero-order valence-electron chi connectivity index (χ0n) is 12.7. The molecule has 120 valence electrons. The van der Waals surface area contributed by atoms with Crippen molar-refractivity contribution in [1.29, 1.82) is 0 Å². The quantitative estimate of drug-likeness (QED) is 0.894. The Hall–Kier alpha value is -1.56. The van der Waals surface area contributed by atoms with Crippen molar-refractivity contribution >= 4 is 16.1 Å². The van der Waals surface area contributed by atoms with E-state index >= 15 is 0 Å². The number of urea groups is 1. The Bertz CT molecular complexity index is 654. The second-order valence-corrected chi connectivity index (χ2v) is 8.25. The van der Waals surface area contributed by atoms with Crippen LogP contribution in [0, 0.1) is 24.7 Å². The van der Waals surface area contributed by atoms with Crippen molar-refractivity contribution in [2.45, 2.75) is 37.5 Å². The molecule has 2 bridgehead atoms. The Morgan fingerprint density at radius 1 is 1.18 bits per heavy atom. The lowest BCUT2D eigenvalue weighted by Gasteiger charge is -2.21. The van der Waals surface area contributed by atoms with Gasteiger partial charge in [-0.3, -0.25) is 0 Å². The van der Waals surface area contributed by atoms with Crippen LogP contribution in [0.25, 0.3) is 0 Å². The van der Waals surface area contributed by atoms with Crippen LogP contribution in [0.5, 0.6) is 0 Å². The molecule has 0 radical (unpaired) electrons. The zero-order chi connectivity index (χ0) is 15.7. The Morgan fingerprint density at radius 3 is 2.50 bits per heavy atom. The molecule has 2 aliphatic rings. The van der Waals surface area contributed by atoms with Gasteiger partial charge in [0.2, 0.25) is 0 Å². The summed E-state index contributed by atoms with van der Waals surface area (Å²) in [7, 11) is -3.79. The van der Waals surface area contributed by atoms with E-state index in [1.165, 1.54) is 31.4 Å². The number of hydrogen-bond acceptors (Lipinski definition) is 3. The smallest absolute Gasteiger partial charge is 0.328 e. The molecule has 6 heteroatoms. The molecule has 0 spiro atoms. The standard InChI is InChI=1S/C16H22N2O3S/c1-11-2-6-15(7-3-11)22(20,21)18-16(19)17-10-14-9-12-4-5-13(14)8-12/h2-3,6-7,12-14H,4-5,8-10H2,1H3,(H2,17,18,19)/t12-,13+,14-/m0/s1. The van der Waals surface area contributed by atoms with Crippen LogP contribution in [-0.4, -0.2) is 21.0 Å². The number of aryl methyl sites for hydroxylation is 1. The molecule has 0 heterocycles. The minimum absolute atomic E-state index is 0.105. The van der Waals surface area contributed by atoms with Crippen molar-refractivity contribution in [1.82, 2.24) is 10.0 Å². The lowest BCUT2D eigenvalue weighted by atomic mass is 9.89. The van der Waals surface area contributed by atoms with E-state index in [9.17, 15) is 13.2 Å². The third-order valence-corrected chi connectivity index (χ3v) is 6.31. The summed E-state index contributed by atoms with van der Waals surface area (Å²) in [6, 6.07) is 5.79. The molecule has 3 rings (SSSR count). The van der Waals surface area contributed by atoms with Crippen LogP contribution < -0.4 is 10.0 Å². The minimum atomic E-state index is -3.79. The Morgan fingerprint density at radius 2 is 1.91 bits per heavy atom. The second kappa shape index (κ2) is 5.91. The van der Waals surface area contributed by atoms with Gasteiger partial charge >= 0.3 is 6.03 Å². The molecule has 1 aromatic carbocycles. The number of hydrogen-bond donors (Lipinski definition) is 2. The number of carbonyl (C=O) groups excluding carboxylic acids is 1. The van der Waals surface area contributed by atoms with Crippen LogP contribution in [0.1, 0.15) is 31.2 Å². The molecule has 5 nitrogen and oxygen atoms in total. The summed E-state index contributed by atoms with van der Waals surface area (Å²) < 4.78 is 26.3. The molecule has 2 saturated carbocycles. The van der Waals surface area contributed by atoms with Gasteiger partial charge in [-0.15, -0.1) is 0 Å². The van der Waals surface area contributed by atoms with Crippen LogP contribution in [0.4, 0.5) is 4.79 Å². The zero-order valence-corrected chi connectivity index (χ0v) is 13.5. The number of fused-ring (bicyclic) bond motifs is 2. The summed E-state index contributed by atoms with van der Waals surface area (Å²) >= 11 is 0. The predicted molar refractivity (Wildman–Crippen MR) is 83.8 cm³/mol. The molecule has 3 atom stereocenters. The minimum Gasteiger partial charge on any atom is -0.337 e. The van der Waals surface area contributed by atoms with Gasteiger partial charge in [-0.25, -0.2) is 17.9 Å². The molecule has 0 aromatic heterocycles. The summed E-state index contributed by atoms with van der Waals surface area (Å²) in [6.07, 6.45) is 5.00. The first kappa shape index (κ1) is 15.3. The lowest BCUT2D eigenvalue weighted by Crippen LogP contribution is -2.42. The number of nitrogens with one attached hydrogen (secondary N) is 2. The molecule has 2 fully saturated rings. The molecule has 0 unspecified atom stereocenters. The molecular formula is C16H22N2O3S. The topological polar surface area (TPSA) is 75.3 Å². The highest BCUT2D eigenvalue weighted by atomic mass is 32.2. The van der Waals surface area contributed by atoms with Crippen molar-refractivity contribution in [3.63, 3.8) is 0 Å². The molecule has 0 aliphatic heterocycles. The molecule has 0 saturated heterocycles. The Kier molecular flexibility index (Phi) is 4.12. The van der Waals surface area contributed by atoms with Crippen molar-refractivity contribution in [2.24, 2.45) is 17.8 Å². The van der Waals surface area contributed by atoms with Crippen molar-refractivity contribution in [3.05, 3.63) is 29.8 Å². The van der Waals surface area contributed by atoms with Crippen molar-refractivity contribution in [3.8, 4) is 0 Å². The van der Waals surface area contributed by atoms with E-state index in [0.717, 1.165) is 17.9 Å². The monoisotopic (exact) mass is 322 g/mol. The van der Waals surface area contributed by atoms with E-state index in [4.69, 9.17) is 0 Å². The summed E-state index contributed by atoms with van der Waals surface area (Å²) in [4.78, 5) is 12.0. The SMILES string of the molecule is Cc1ccc(S(=O)(=O)NC(=O)NC[C@@H]2C[C@H]3CC[C@@H]2C3)cc1. The van der Waals surface area contributed by atoms with E-state index in [2.05, 4.69) is 10.0 Å². The average molecular weight is 322 g/mol. The Balaban J connectivity index is 1.53. The highest BCUT2D eigenvalue weighted by Crippen LogP contribution is 2.47. The second-order valence-electron chi connectivity index (χ2n) is 6.56. The number of amides is 2. The summed E-state index contributed by atoms with van der Waals surface area (Å²) in [5.41, 5.74) is 0.972. The Labute approximate surface area is 131 Å². The van der Waals surface area contributed by atoms with E-state index in [1.54, 1.807) is 12.1 Å². The third-order valence-electron chi connectivity index (χ3n) is 4.97. The highest BCUT2D eigenvalue weighted by Gasteiger charge is 2.39. The third kappa shape index (κ3) is 3.27. The predicted octanol–water partition coefficient (Wildman–Crippen LogP) is 2.42. The molecule has 2 amide bonds. The number of sulfonamides is 1. The van der Waals surface area contributed by atoms with Gasteiger partial charge < -0.3 is 5.32 Å².